The van der Waals surface area contributed by atoms with Gasteiger partial charge in [-0.1, -0.05) is 12.1 Å². The van der Waals surface area contributed by atoms with Gasteiger partial charge in [0.25, 0.3) is 5.91 Å². The number of anilines is 1. The molecule has 88 valence electrons. The number of amides is 1. The van der Waals surface area contributed by atoms with Crippen LogP contribution in [0.25, 0.3) is 0 Å². The first-order valence-corrected chi connectivity index (χ1v) is 5.83. The third kappa shape index (κ3) is 2.95. The van der Waals surface area contributed by atoms with Crippen LogP contribution in [0.3, 0.4) is 0 Å². The van der Waals surface area contributed by atoms with Crippen LogP contribution in [0.15, 0.2) is 41.0 Å². The number of aromatic amines is 1. The number of aliphatic hydroxyl groups is 1. The Kier molecular flexibility index (Phi) is 3.61. The Morgan fingerprint density at radius 2 is 2.06 bits per heavy atom. The van der Waals surface area contributed by atoms with E-state index in [1.807, 2.05) is 0 Å². The molecule has 5 heteroatoms. The molecule has 0 atom stereocenters. The van der Waals surface area contributed by atoms with Gasteiger partial charge in [-0.05, 0) is 39.7 Å². The minimum Gasteiger partial charge on any atom is -0.392 e. The number of aliphatic hydroxyl groups excluding tert-OH is 1. The lowest BCUT2D eigenvalue weighted by atomic mass is 10.2. The summed E-state index contributed by atoms with van der Waals surface area (Å²) in [6.07, 6.45) is 1.70. The highest BCUT2D eigenvalue weighted by atomic mass is 79.9. The highest BCUT2D eigenvalue weighted by molar-refractivity contribution is 9.10. The van der Waals surface area contributed by atoms with E-state index in [2.05, 4.69) is 26.2 Å². The molecule has 0 aliphatic rings. The Hall–Kier alpha value is -1.59. The van der Waals surface area contributed by atoms with E-state index in [4.69, 9.17) is 5.11 Å². The van der Waals surface area contributed by atoms with Crippen molar-refractivity contribution in [3.8, 4) is 0 Å². The van der Waals surface area contributed by atoms with Gasteiger partial charge in [-0.15, -0.1) is 0 Å². The molecule has 0 aliphatic carbocycles. The van der Waals surface area contributed by atoms with Gasteiger partial charge in [0.05, 0.1) is 6.61 Å². The lowest BCUT2D eigenvalue weighted by Gasteiger charge is -2.04. The molecular formula is C12H11BrN2O2. The second-order valence-corrected chi connectivity index (χ2v) is 4.46. The molecular weight excluding hydrogens is 284 g/mol. The summed E-state index contributed by atoms with van der Waals surface area (Å²) < 4.78 is 0.832. The van der Waals surface area contributed by atoms with Crippen LogP contribution in [0.4, 0.5) is 5.69 Å². The lowest BCUT2D eigenvalue weighted by molar-refractivity contribution is 0.102. The van der Waals surface area contributed by atoms with Crippen LogP contribution < -0.4 is 5.32 Å². The number of rotatable bonds is 3. The predicted octanol–water partition coefficient (Wildman–Crippen LogP) is 2.52. The van der Waals surface area contributed by atoms with Crippen molar-refractivity contribution in [1.29, 1.82) is 0 Å². The number of hydrogen-bond donors (Lipinski definition) is 3. The molecule has 1 aromatic heterocycles. The summed E-state index contributed by atoms with van der Waals surface area (Å²) in [7, 11) is 0. The SMILES string of the molecule is O=C(Nc1ccc(CO)cc1)c1cc(Br)c[nH]1. The maximum Gasteiger partial charge on any atom is 0.272 e. The van der Waals surface area contributed by atoms with Gasteiger partial charge in [0.1, 0.15) is 5.69 Å². The third-order valence-corrected chi connectivity index (χ3v) is 2.74. The maximum absolute atomic E-state index is 11.8. The number of nitrogens with one attached hydrogen (secondary N) is 2. The van der Waals surface area contributed by atoms with Crippen LogP contribution in [0.5, 0.6) is 0 Å². The molecule has 3 N–H and O–H groups in total. The zero-order valence-electron chi connectivity index (χ0n) is 8.90. The first-order valence-electron chi connectivity index (χ1n) is 5.04. The van der Waals surface area contributed by atoms with Gasteiger partial charge >= 0.3 is 0 Å². The van der Waals surface area contributed by atoms with Gasteiger partial charge < -0.3 is 15.4 Å². The fourth-order valence-electron chi connectivity index (χ4n) is 1.39. The third-order valence-electron chi connectivity index (χ3n) is 2.29. The van der Waals surface area contributed by atoms with Gasteiger partial charge in [-0.3, -0.25) is 4.79 Å². The predicted molar refractivity (Wildman–Crippen MR) is 68.8 cm³/mol. The quantitative estimate of drug-likeness (QED) is 0.814. The van der Waals surface area contributed by atoms with E-state index < -0.39 is 0 Å². The molecule has 1 heterocycles. The number of halogens is 1. The molecule has 0 unspecified atom stereocenters. The van der Waals surface area contributed by atoms with E-state index >= 15 is 0 Å². The largest absolute Gasteiger partial charge is 0.392 e. The van der Waals surface area contributed by atoms with Gasteiger partial charge in [-0.2, -0.15) is 0 Å². The molecule has 1 aromatic carbocycles. The Morgan fingerprint density at radius 3 is 2.59 bits per heavy atom. The van der Waals surface area contributed by atoms with Gasteiger partial charge in [0.2, 0.25) is 0 Å². The molecule has 0 saturated carbocycles. The van der Waals surface area contributed by atoms with Crippen molar-refractivity contribution in [3.63, 3.8) is 0 Å². The molecule has 4 nitrogen and oxygen atoms in total. The summed E-state index contributed by atoms with van der Waals surface area (Å²) >= 11 is 3.27. The Bertz CT molecular complexity index is 520. The highest BCUT2D eigenvalue weighted by Gasteiger charge is 2.07. The molecule has 2 rings (SSSR count). The Balaban J connectivity index is 2.07. The van der Waals surface area contributed by atoms with Gasteiger partial charge in [0, 0.05) is 16.4 Å². The summed E-state index contributed by atoms with van der Waals surface area (Å²) in [5.74, 6) is -0.201. The average molecular weight is 295 g/mol. The van der Waals surface area contributed by atoms with Crippen molar-refractivity contribution in [3.05, 3.63) is 52.3 Å². The first kappa shape index (κ1) is 11.9. The molecule has 0 fully saturated rings. The normalized spacial score (nSPS) is 10.2. The minimum atomic E-state index is -0.201. The molecule has 1 amide bonds. The summed E-state index contributed by atoms with van der Waals surface area (Å²) in [5, 5.41) is 11.6. The number of H-pyrrole nitrogens is 1. The van der Waals surface area contributed by atoms with E-state index in [9.17, 15) is 4.79 Å². The molecule has 0 spiro atoms. The second kappa shape index (κ2) is 5.16. The maximum atomic E-state index is 11.8. The van der Waals surface area contributed by atoms with Crippen molar-refractivity contribution in [2.45, 2.75) is 6.61 Å². The summed E-state index contributed by atoms with van der Waals surface area (Å²) in [6.45, 7) is -0.00218. The van der Waals surface area contributed by atoms with Crippen LogP contribution in [0.1, 0.15) is 16.1 Å². The van der Waals surface area contributed by atoms with Crippen molar-refractivity contribution < 1.29 is 9.90 Å². The summed E-state index contributed by atoms with van der Waals surface area (Å²) in [6, 6.07) is 8.74. The number of aromatic nitrogens is 1. The number of hydrogen-bond acceptors (Lipinski definition) is 2. The van der Waals surface area contributed by atoms with Crippen LogP contribution in [0.2, 0.25) is 0 Å². The Morgan fingerprint density at radius 1 is 1.35 bits per heavy atom. The fraction of sp³-hybridized carbons (Fsp3) is 0.0833. The summed E-state index contributed by atoms with van der Waals surface area (Å²) in [4.78, 5) is 14.6. The number of carbonyl (C=O) groups is 1. The molecule has 2 aromatic rings. The van der Waals surface area contributed by atoms with Gasteiger partial charge in [-0.25, -0.2) is 0 Å². The van der Waals surface area contributed by atoms with E-state index in [-0.39, 0.29) is 12.5 Å². The van der Waals surface area contributed by atoms with Crippen molar-refractivity contribution in [2.24, 2.45) is 0 Å². The molecule has 0 radical (unpaired) electrons. The van der Waals surface area contributed by atoms with E-state index in [0.29, 0.717) is 11.4 Å². The first-order chi connectivity index (χ1) is 8.19. The average Bonchev–Trinajstić information content (AvgIpc) is 2.77. The fourth-order valence-corrected chi connectivity index (χ4v) is 1.73. The summed E-state index contributed by atoms with van der Waals surface area (Å²) in [5.41, 5.74) is 1.99. The van der Waals surface area contributed by atoms with E-state index in [1.165, 1.54) is 0 Å². The Labute approximate surface area is 107 Å². The van der Waals surface area contributed by atoms with Crippen LogP contribution >= 0.6 is 15.9 Å². The number of benzene rings is 1. The molecule has 0 saturated heterocycles. The van der Waals surface area contributed by atoms with Gasteiger partial charge in [0.15, 0.2) is 0 Å². The zero-order chi connectivity index (χ0) is 12.3. The van der Waals surface area contributed by atoms with Crippen molar-refractivity contribution in [2.75, 3.05) is 5.32 Å². The standard InChI is InChI=1S/C12H11BrN2O2/c13-9-5-11(14-6-9)12(17)15-10-3-1-8(7-16)2-4-10/h1-6,14,16H,7H2,(H,15,17). The van der Waals surface area contributed by atoms with Crippen LogP contribution in [-0.4, -0.2) is 16.0 Å². The second-order valence-electron chi connectivity index (χ2n) is 3.54. The van der Waals surface area contributed by atoms with Crippen LogP contribution in [-0.2, 0) is 6.61 Å². The molecule has 17 heavy (non-hydrogen) atoms. The van der Waals surface area contributed by atoms with E-state index in [1.54, 1.807) is 36.5 Å². The smallest absolute Gasteiger partial charge is 0.272 e. The van der Waals surface area contributed by atoms with Crippen molar-refractivity contribution in [1.82, 2.24) is 4.98 Å². The molecule has 0 aliphatic heterocycles. The number of carbonyl (C=O) groups excluding carboxylic acids is 1. The zero-order valence-corrected chi connectivity index (χ0v) is 10.5. The monoisotopic (exact) mass is 294 g/mol. The van der Waals surface area contributed by atoms with E-state index in [0.717, 1.165) is 10.0 Å². The van der Waals surface area contributed by atoms with Crippen LogP contribution in [0, 0.1) is 0 Å². The molecule has 0 bridgehead atoms. The highest BCUT2D eigenvalue weighted by Crippen LogP contribution is 2.14. The van der Waals surface area contributed by atoms with Crippen molar-refractivity contribution >= 4 is 27.5 Å². The topological polar surface area (TPSA) is 65.1 Å². The minimum absolute atomic E-state index is 0.00218. The lowest BCUT2D eigenvalue weighted by Crippen LogP contribution is -2.12.